The molecule has 57 heavy (non-hydrogen) atoms. The van der Waals surface area contributed by atoms with Gasteiger partial charge in [-0.15, -0.1) is 6.58 Å². The van der Waals surface area contributed by atoms with Crippen LogP contribution in [0.5, 0.6) is 11.5 Å². The van der Waals surface area contributed by atoms with Gasteiger partial charge in [0.2, 0.25) is 27.7 Å². The zero-order valence-electron chi connectivity index (χ0n) is 33.5. The van der Waals surface area contributed by atoms with Crippen molar-refractivity contribution >= 4 is 38.6 Å². The second-order valence-corrected chi connectivity index (χ2v) is 19.1. The number of rotatable bonds is 14. The summed E-state index contributed by atoms with van der Waals surface area (Å²) in [6, 6.07) is 16.2. The van der Waals surface area contributed by atoms with Gasteiger partial charge in [-0.2, -0.15) is 0 Å². The van der Waals surface area contributed by atoms with Crippen molar-refractivity contribution in [1.82, 2.24) is 24.8 Å². The summed E-state index contributed by atoms with van der Waals surface area (Å²) in [6.07, 6.45) is 5.79. The Morgan fingerprint density at radius 1 is 1.05 bits per heavy atom. The van der Waals surface area contributed by atoms with E-state index in [1.165, 1.54) is 0 Å². The summed E-state index contributed by atoms with van der Waals surface area (Å²) in [7, 11) is -2.05. The van der Waals surface area contributed by atoms with E-state index in [2.05, 4.69) is 23.2 Å². The molecule has 2 N–H and O–H groups in total. The molecule has 2 aromatic carbocycles. The van der Waals surface area contributed by atoms with Crippen LogP contribution in [0.3, 0.4) is 0 Å². The fourth-order valence-corrected chi connectivity index (χ4v) is 9.74. The normalized spacial score (nSPS) is 24.0. The summed E-state index contributed by atoms with van der Waals surface area (Å²) in [5, 5.41) is 3.39. The molecule has 3 amide bonds. The monoisotopic (exact) mass is 797 g/mol. The van der Waals surface area contributed by atoms with Gasteiger partial charge in [-0.05, 0) is 56.1 Å². The fourth-order valence-electron chi connectivity index (χ4n) is 8.29. The number of carbonyl (C=O) groups is 3. The van der Waals surface area contributed by atoms with Gasteiger partial charge in [0.1, 0.15) is 23.6 Å². The maximum absolute atomic E-state index is 14.9. The van der Waals surface area contributed by atoms with Crippen LogP contribution in [0.4, 0.5) is 0 Å². The van der Waals surface area contributed by atoms with E-state index in [1.807, 2.05) is 80.3 Å². The van der Waals surface area contributed by atoms with Gasteiger partial charge in [-0.25, -0.2) is 13.4 Å². The average molecular weight is 798 g/mol. The quantitative estimate of drug-likeness (QED) is 0.190. The lowest BCUT2D eigenvalue weighted by molar-refractivity contribution is -0.148. The number of benzene rings is 2. The topological polar surface area (TPSA) is 147 Å². The van der Waals surface area contributed by atoms with Crippen LogP contribution in [0.1, 0.15) is 72.1 Å². The van der Waals surface area contributed by atoms with E-state index in [9.17, 15) is 22.8 Å². The summed E-state index contributed by atoms with van der Waals surface area (Å²) in [5.41, 5.74) is 0.731. The highest BCUT2D eigenvalue weighted by molar-refractivity contribution is 7.90. The number of nitrogens with zero attached hydrogens (tertiary/aromatic N) is 3. The molecular formula is C44H55N5O7S. The average Bonchev–Trinajstić information content (AvgIpc) is 4.13. The number of hydrogen-bond donors (Lipinski definition) is 2. The third kappa shape index (κ3) is 8.54. The van der Waals surface area contributed by atoms with E-state index in [-0.39, 0.29) is 42.8 Å². The Hall–Kier alpha value is -4.91. The maximum atomic E-state index is 14.9. The predicted octanol–water partition coefficient (Wildman–Crippen LogP) is 5.98. The summed E-state index contributed by atoms with van der Waals surface area (Å²) in [5.74, 6) is -0.596. The molecular weight excluding hydrogens is 743 g/mol. The number of hydrogen-bond acceptors (Lipinski definition) is 8. The van der Waals surface area contributed by atoms with E-state index in [4.69, 9.17) is 14.5 Å². The number of pyridine rings is 1. The fraction of sp³-hybridized carbons (Fsp3) is 0.500. The first kappa shape index (κ1) is 40.3. The number of methoxy groups -OCH3 is 1. The van der Waals surface area contributed by atoms with Crippen molar-refractivity contribution in [2.24, 2.45) is 17.3 Å². The maximum Gasteiger partial charge on any atom is 0.243 e. The molecule has 1 aromatic heterocycles. The molecule has 304 valence electrons. The number of piperidine rings is 1. The molecule has 2 aliphatic heterocycles. The zero-order valence-corrected chi connectivity index (χ0v) is 34.3. The van der Waals surface area contributed by atoms with Crippen molar-refractivity contribution in [3.63, 3.8) is 0 Å². The van der Waals surface area contributed by atoms with Gasteiger partial charge < -0.3 is 24.6 Å². The molecule has 0 bridgehead atoms. The zero-order chi connectivity index (χ0) is 40.7. The molecule has 2 saturated heterocycles. The minimum absolute atomic E-state index is 0.0260. The summed E-state index contributed by atoms with van der Waals surface area (Å²) in [4.78, 5) is 51.6. The number of fused-ring (bicyclic) bond motifs is 1. The molecule has 2 aliphatic carbocycles. The van der Waals surface area contributed by atoms with Crippen molar-refractivity contribution in [2.75, 3.05) is 26.7 Å². The number of nitrogens with one attached hydrogen (secondary N) is 2. The lowest BCUT2D eigenvalue weighted by atomic mass is 9.77. The number of sulfonamides is 1. The van der Waals surface area contributed by atoms with Crippen molar-refractivity contribution in [3.05, 3.63) is 79.5 Å². The highest BCUT2D eigenvalue weighted by Gasteiger charge is 2.58. The van der Waals surface area contributed by atoms with Crippen LogP contribution >= 0.6 is 0 Å². The summed E-state index contributed by atoms with van der Waals surface area (Å²) < 4.78 is 40.9. The van der Waals surface area contributed by atoms with E-state index < -0.39 is 50.2 Å². The van der Waals surface area contributed by atoms with E-state index >= 15 is 0 Å². The SMILES string of the molecule is C=CC1CC1(NC(=O)[C@@H]1C[C@@H](Oc2cc(-c3ccccc3)nc3cc(OC)ccc23)CN1C(=O)[C@@H](CC(=O)N1CCCCC1)C(C)(C)C)C(=C)NS(=O)(=O)C1CC1. The standard InChI is InChI=1S/C44H55N5O7S/c1-7-30-26-44(30,28(2)47-57(53,54)33-17-18-33)46-41(51)38-23-32(27-49(38)42(52)35(43(3,4)5)24-40(50)48-20-12-9-13-21-48)56-39-25-36(29-14-10-8-11-15-29)45-37-22-31(55-6)16-19-34(37)39/h7-8,10-11,14-16,19,22,25,30,32-33,35,38,47H,1-2,9,12-13,17-18,20-21,23-24,26-27H2,3-6H3,(H,46,51)/t30?,32-,35-,38+,44?/m1/s1. The number of likely N-dealkylation sites (tertiary alicyclic amines) is 2. The Morgan fingerprint density at radius 3 is 2.40 bits per heavy atom. The largest absolute Gasteiger partial charge is 0.497 e. The van der Waals surface area contributed by atoms with Crippen molar-refractivity contribution in [1.29, 1.82) is 0 Å². The number of carbonyl (C=O) groups excluding carboxylic acids is 3. The van der Waals surface area contributed by atoms with Gasteiger partial charge in [0.25, 0.3) is 0 Å². The third-order valence-corrected chi connectivity index (χ3v) is 13.9. The molecule has 4 fully saturated rings. The molecule has 0 spiro atoms. The van der Waals surface area contributed by atoms with Crippen LogP contribution in [-0.2, 0) is 24.4 Å². The third-order valence-electron chi connectivity index (χ3n) is 12.0. The molecule has 4 aliphatic rings. The number of amides is 3. The van der Waals surface area contributed by atoms with Crippen molar-refractivity contribution in [2.45, 2.75) is 95.1 Å². The van der Waals surface area contributed by atoms with Gasteiger partial charge in [0.05, 0.1) is 41.6 Å². The first-order chi connectivity index (χ1) is 27.1. The number of ether oxygens (including phenoxy) is 2. The second kappa shape index (κ2) is 15.8. The molecule has 13 heteroatoms. The first-order valence-electron chi connectivity index (χ1n) is 20.1. The van der Waals surface area contributed by atoms with Crippen LogP contribution < -0.4 is 19.5 Å². The van der Waals surface area contributed by atoms with Crippen LogP contribution in [-0.4, -0.2) is 90.6 Å². The van der Waals surface area contributed by atoms with Gasteiger partial charge in [-0.3, -0.25) is 19.1 Å². The molecule has 12 nitrogen and oxygen atoms in total. The highest BCUT2D eigenvalue weighted by atomic mass is 32.2. The summed E-state index contributed by atoms with van der Waals surface area (Å²) in [6.45, 7) is 15.3. The molecule has 3 heterocycles. The Morgan fingerprint density at radius 2 is 1.77 bits per heavy atom. The number of aromatic nitrogens is 1. The highest BCUT2D eigenvalue weighted by Crippen LogP contribution is 2.49. The van der Waals surface area contributed by atoms with Gasteiger partial charge in [0.15, 0.2) is 0 Å². The van der Waals surface area contributed by atoms with E-state index in [1.54, 1.807) is 18.1 Å². The van der Waals surface area contributed by atoms with E-state index in [0.717, 1.165) is 30.2 Å². The van der Waals surface area contributed by atoms with Crippen molar-refractivity contribution in [3.8, 4) is 22.8 Å². The Kier molecular flexibility index (Phi) is 11.2. The smallest absolute Gasteiger partial charge is 0.243 e. The molecule has 2 saturated carbocycles. The molecule has 0 radical (unpaired) electrons. The van der Waals surface area contributed by atoms with Crippen LogP contribution in [0.15, 0.2) is 79.5 Å². The minimum atomic E-state index is -3.65. The Bertz CT molecular complexity index is 2160. The van der Waals surface area contributed by atoms with Crippen LogP contribution in [0.2, 0.25) is 0 Å². The predicted molar refractivity (Wildman–Crippen MR) is 220 cm³/mol. The Balaban J connectivity index is 1.21. The van der Waals surface area contributed by atoms with Gasteiger partial charge in [-0.1, -0.05) is 63.8 Å². The van der Waals surface area contributed by atoms with E-state index in [0.29, 0.717) is 55.1 Å². The minimum Gasteiger partial charge on any atom is -0.497 e. The molecule has 5 atom stereocenters. The van der Waals surface area contributed by atoms with Crippen LogP contribution in [0, 0.1) is 17.3 Å². The molecule has 2 unspecified atom stereocenters. The lowest BCUT2D eigenvalue weighted by Crippen LogP contribution is -2.54. The van der Waals surface area contributed by atoms with Crippen LogP contribution in [0.25, 0.3) is 22.2 Å². The van der Waals surface area contributed by atoms with Gasteiger partial charge >= 0.3 is 0 Å². The van der Waals surface area contributed by atoms with Gasteiger partial charge in [0, 0.05) is 60.6 Å². The summed E-state index contributed by atoms with van der Waals surface area (Å²) >= 11 is 0. The first-order valence-corrected chi connectivity index (χ1v) is 21.6. The Labute approximate surface area is 336 Å². The molecule has 3 aromatic rings. The van der Waals surface area contributed by atoms with Crippen molar-refractivity contribution < 1.29 is 32.3 Å². The second-order valence-electron chi connectivity index (χ2n) is 17.1. The molecule has 7 rings (SSSR count). The lowest BCUT2D eigenvalue weighted by Gasteiger charge is -2.36.